The molecule has 1 aliphatic heterocycles. The quantitative estimate of drug-likeness (QED) is 0.916. The van der Waals surface area contributed by atoms with E-state index < -0.39 is 5.97 Å². The minimum absolute atomic E-state index is 0.170. The Bertz CT molecular complexity index is 644. The van der Waals surface area contributed by atoms with Crippen molar-refractivity contribution < 1.29 is 9.90 Å². The van der Waals surface area contributed by atoms with Crippen molar-refractivity contribution >= 4 is 5.97 Å². The van der Waals surface area contributed by atoms with Gasteiger partial charge >= 0.3 is 5.97 Å². The number of rotatable bonds is 5. The minimum Gasteiger partial charge on any atom is -0.480 e. The standard InChI is InChI=1S/C16H20N4O2/c1-12(19-8-2-3-9-19)13-4-6-14(7-5-13)16-17-11-20(18-16)10-15(21)22/h4-7,11-12H,2-3,8-10H2,1H3,(H,21,22)/t12-/m0/s1. The molecule has 0 radical (unpaired) electrons. The van der Waals surface area contributed by atoms with E-state index in [9.17, 15) is 4.79 Å². The Kier molecular flexibility index (Phi) is 4.20. The normalized spacial score (nSPS) is 16.8. The molecule has 1 saturated heterocycles. The molecule has 0 bridgehead atoms. The lowest BCUT2D eigenvalue weighted by molar-refractivity contribution is -0.137. The summed E-state index contributed by atoms with van der Waals surface area (Å²) in [5, 5.41) is 12.9. The number of aromatic nitrogens is 3. The second kappa shape index (κ2) is 6.27. The summed E-state index contributed by atoms with van der Waals surface area (Å²) in [7, 11) is 0. The van der Waals surface area contributed by atoms with Crippen LogP contribution < -0.4 is 0 Å². The van der Waals surface area contributed by atoms with Crippen LogP contribution in [0.3, 0.4) is 0 Å². The fourth-order valence-corrected chi connectivity index (χ4v) is 2.89. The second-order valence-corrected chi connectivity index (χ2v) is 5.70. The van der Waals surface area contributed by atoms with E-state index in [4.69, 9.17) is 5.11 Å². The summed E-state index contributed by atoms with van der Waals surface area (Å²) in [6, 6.07) is 8.64. The maximum absolute atomic E-state index is 10.7. The van der Waals surface area contributed by atoms with Crippen molar-refractivity contribution in [2.45, 2.75) is 32.4 Å². The van der Waals surface area contributed by atoms with Crippen LogP contribution in [0.4, 0.5) is 0 Å². The zero-order valence-corrected chi connectivity index (χ0v) is 12.6. The van der Waals surface area contributed by atoms with Gasteiger partial charge < -0.3 is 5.11 Å². The van der Waals surface area contributed by atoms with Crippen molar-refractivity contribution in [3.8, 4) is 11.4 Å². The summed E-state index contributed by atoms with van der Waals surface area (Å²) in [5.41, 5.74) is 2.19. The van der Waals surface area contributed by atoms with E-state index in [-0.39, 0.29) is 6.54 Å². The summed E-state index contributed by atoms with van der Waals surface area (Å²) >= 11 is 0. The molecular weight excluding hydrogens is 280 g/mol. The van der Waals surface area contributed by atoms with Gasteiger partial charge in [-0.3, -0.25) is 9.69 Å². The Hall–Kier alpha value is -2.21. The first-order valence-electron chi connectivity index (χ1n) is 7.59. The monoisotopic (exact) mass is 300 g/mol. The molecule has 0 aliphatic carbocycles. The van der Waals surface area contributed by atoms with Gasteiger partial charge in [0.1, 0.15) is 12.9 Å². The summed E-state index contributed by atoms with van der Waals surface area (Å²) in [4.78, 5) is 17.3. The van der Waals surface area contributed by atoms with Gasteiger partial charge in [-0.05, 0) is 38.4 Å². The molecule has 2 heterocycles. The summed E-state index contributed by atoms with van der Waals surface area (Å²) in [6.07, 6.45) is 4.02. The highest BCUT2D eigenvalue weighted by molar-refractivity contribution is 5.66. The molecule has 1 aromatic heterocycles. The van der Waals surface area contributed by atoms with Crippen LogP contribution >= 0.6 is 0 Å². The van der Waals surface area contributed by atoms with Gasteiger partial charge in [0.2, 0.25) is 0 Å². The summed E-state index contributed by atoms with van der Waals surface area (Å²) in [6.45, 7) is 4.41. The van der Waals surface area contributed by atoms with Crippen LogP contribution in [-0.2, 0) is 11.3 Å². The third kappa shape index (κ3) is 3.17. The highest BCUT2D eigenvalue weighted by Gasteiger charge is 2.19. The number of carbonyl (C=O) groups is 1. The third-order valence-corrected chi connectivity index (χ3v) is 4.17. The number of carboxylic acid groups (broad SMARTS) is 1. The molecule has 116 valence electrons. The molecule has 2 aromatic rings. The topological polar surface area (TPSA) is 71.2 Å². The molecule has 1 N–H and O–H groups in total. The molecule has 1 aliphatic rings. The number of likely N-dealkylation sites (tertiary alicyclic amines) is 1. The number of nitrogens with zero attached hydrogens (tertiary/aromatic N) is 4. The highest BCUT2D eigenvalue weighted by atomic mass is 16.4. The average Bonchev–Trinajstić information content (AvgIpc) is 3.17. The zero-order chi connectivity index (χ0) is 15.5. The predicted octanol–water partition coefficient (Wildman–Crippen LogP) is 2.19. The van der Waals surface area contributed by atoms with Gasteiger partial charge in [0, 0.05) is 11.6 Å². The van der Waals surface area contributed by atoms with Crippen molar-refractivity contribution in [2.24, 2.45) is 0 Å². The number of aliphatic carboxylic acids is 1. The minimum atomic E-state index is -0.925. The van der Waals surface area contributed by atoms with Crippen molar-refractivity contribution in [3.05, 3.63) is 36.2 Å². The van der Waals surface area contributed by atoms with E-state index >= 15 is 0 Å². The van der Waals surface area contributed by atoms with Crippen LogP contribution in [0.25, 0.3) is 11.4 Å². The molecule has 3 rings (SSSR count). The Balaban J connectivity index is 1.73. The molecule has 0 amide bonds. The first-order chi connectivity index (χ1) is 10.6. The van der Waals surface area contributed by atoms with Crippen LogP contribution in [0.15, 0.2) is 30.6 Å². The van der Waals surface area contributed by atoms with Gasteiger partial charge in [0.05, 0.1) is 0 Å². The average molecular weight is 300 g/mol. The van der Waals surface area contributed by atoms with Crippen LogP contribution in [0.2, 0.25) is 0 Å². The van der Waals surface area contributed by atoms with E-state index in [1.54, 1.807) is 0 Å². The van der Waals surface area contributed by atoms with E-state index in [1.807, 2.05) is 12.1 Å². The van der Waals surface area contributed by atoms with Gasteiger partial charge in [-0.2, -0.15) is 5.10 Å². The van der Waals surface area contributed by atoms with E-state index in [1.165, 1.54) is 42.5 Å². The van der Waals surface area contributed by atoms with Crippen molar-refractivity contribution in [2.75, 3.05) is 13.1 Å². The Morgan fingerprint density at radius 3 is 2.59 bits per heavy atom. The van der Waals surface area contributed by atoms with Crippen LogP contribution in [0.1, 0.15) is 31.4 Å². The first-order valence-corrected chi connectivity index (χ1v) is 7.59. The largest absolute Gasteiger partial charge is 0.480 e. The van der Waals surface area contributed by atoms with Gasteiger partial charge in [-0.25, -0.2) is 9.67 Å². The smallest absolute Gasteiger partial charge is 0.325 e. The van der Waals surface area contributed by atoms with Crippen molar-refractivity contribution in [1.29, 1.82) is 0 Å². The zero-order valence-electron chi connectivity index (χ0n) is 12.6. The molecule has 1 atom stereocenters. The summed E-state index contributed by atoms with van der Waals surface area (Å²) < 4.78 is 1.33. The fourth-order valence-electron chi connectivity index (χ4n) is 2.89. The molecule has 0 saturated carbocycles. The second-order valence-electron chi connectivity index (χ2n) is 5.70. The molecule has 6 nitrogen and oxygen atoms in total. The van der Waals surface area contributed by atoms with Crippen LogP contribution in [0.5, 0.6) is 0 Å². The third-order valence-electron chi connectivity index (χ3n) is 4.17. The Labute approximate surface area is 129 Å². The van der Waals surface area contributed by atoms with E-state index in [0.29, 0.717) is 11.9 Å². The lowest BCUT2D eigenvalue weighted by Gasteiger charge is -2.24. The number of benzene rings is 1. The predicted molar refractivity (Wildman–Crippen MR) is 82.3 cm³/mol. The van der Waals surface area contributed by atoms with Gasteiger partial charge in [-0.15, -0.1) is 0 Å². The van der Waals surface area contributed by atoms with Crippen molar-refractivity contribution in [1.82, 2.24) is 19.7 Å². The molecule has 0 spiro atoms. The number of hydrogen-bond donors (Lipinski definition) is 1. The van der Waals surface area contributed by atoms with Gasteiger partial charge in [0.15, 0.2) is 5.82 Å². The molecule has 6 heteroatoms. The molecule has 0 unspecified atom stereocenters. The number of hydrogen-bond acceptors (Lipinski definition) is 4. The maximum Gasteiger partial charge on any atom is 0.325 e. The molecule has 1 aromatic carbocycles. The fraction of sp³-hybridized carbons (Fsp3) is 0.438. The van der Waals surface area contributed by atoms with Crippen molar-refractivity contribution in [3.63, 3.8) is 0 Å². The lowest BCUT2D eigenvalue weighted by Crippen LogP contribution is -2.23. The Morgan fingerprint density at radius 1 is 1.27 bits per heavy atom. The SMILES string of the molecule is C[C@@H](c1ccc(-c2ncn(CC(=O)O)n2)cc1)N1CCCC1. The van der Waals surface area contributed by atoms with Gasteiger partial charge in [0.25, 0.3) is 0 Å². The molecule has 1 fully saturated rings. The van der Waals surface area contributed by atoms with E-state index in [0.717, 1.165) is 5.56 Å². The highest BCUT2D eigenvalue weighted by Crippen LogP contribution is 2.26. The Morgan fingerprint density at radius 2 is 1.95 bits per heavy atom. The molecule has 22 heavy (non-hydrogen) atoms. The van der Waals surface area contributed by atoms with E-state index in [2.05, 4.69) is 34.0 Å². The summed E-state index contributed by atoms with van der Waals surface area (Å²) in [5.74, 6) is -0.368. The van der Waals surface area contributed by atoms with Crippen LogP contribution in [0, 0.1) is 0 Å². The lowest BCUT2D eigenvalue weighted by atomic mass is 10.0. The maximum atomic E-state index is 10.7. The molecular formula is C16H20N4O2. The van der Waals surface area contributed by atoms with Crippen LogP contribution in [-0.4, -0.2) is 43.8 Å². The number of carboxylic acids is 1. The van der Waals surface area contributed by atoms with Gasteiger partial charge in [-0.1, -0.05) is 24.3 Å². The first kappa shape index (κ1) is 14.7.